The minimum absolute atomic E-state index is 0.466. The van der Waals surface area contributed by atoms with Crippen LogP contribution in [-0.4, -0.2) is 28.9 Å². The fourth-order valence-electron chi connectivity index (χ4n) is 1.40. The normalized spacial score (nSPS) is 12.1. The number of hydrogen-bond donors (Lipinski definition) is 3. The summed E-state index contributed by atoms with van der Waals surface area (Å²) in [6.45, 7) is 0. The van der Waals surface area contributed by atoms with Gasteiger partial charge in [0.2, 0.25) is 11.8 Å². The van der Waals surface area contributed by atoms with Gasteiger partial charge in [0.05, 0.1) is 6.42 Å². The van der Waals surface area contributed by atoms with Crippen molar-refractivity contribution in [3.63, 3.8) is 0 Å². The van der Waals surface area contributed by atoms with E-state index in [1.165, 1.54) is 6.08 Å². The predicted molar refractivity (Wildman–Crippen MR) is 73.9 cm³/mol. The first-order valence-corrected chi connectivity index (χ1v) is 6.01. The molecular formula is C13H13ClN2O4. The number of nitrogens with one attached hydrogen (secondary N) is 1. The van der Waals surface area contributed by atoms with Crippen molar-refractivity contribution in [3.05, 3.63) is 40.9 Å². The molecule has 0 saturated heterocycles. The lowest BCUT2D eigenvalue weighted by Gasteiger charge is -2.10. The summed E-state index contributed by atoms with van der Waals surface area (Å²) in [6, 6.07) is 5.43. The number of benzene rings is 1. The molecule has 0 fully saturated rings. The molecule has 0 saturated carbocycles. The van der Waals surface area contributed by atoms with Crippen molar-refractivity contribution in [1.29, 1.82) is 0 Å². The molecule has 0 aliphatic carbocycles. The van der Waals surface area contributed by atoms with Crippen LogP contribution in [0.4, 0.5) is 0 Å². The second-order valence-corrected chi connectivity index (χ2v) is 4.39. The maximum absolute atomic E-state index is 11.6. The number of amides is 2. The van der Waals surface area contributed by atoms with Gasteiger partial charge in [-0.3, -0.25) is 9.59 Å². The van der Waals surface area contributed by atoms with E-state index in [0.29, 0.717) is 10.6 Å². The average molecular weight is 297 g/mol. The van der Waals surface area contributed by atoms with Crippen LogP contribution in [0.5, 0.6) is 0 Å². The highest BCUT2D eigenvalue weighted by molar-refractivity contribution is 6.30. The van der Waals surface area contributed by atoms with Gasteiger partial charge in [-0.15, -0.1) is 0 Å². The molecule has 0 spiro atoms. The topological polar surface area (TPSA) is 109 Å². The fraction of sp³-hybridized carbons (Fsp3) is 0.154. The van der Waals surface area contributed by atoms with Crippen LogP contribution in [0.1, 0.15) is 12.0 Å². The standard InChI is InChI=1S/C13H13ClN2O4/c14-9-3-1-2-8(6-9)4-5-12(18)16-10(13(19)20)7-11(15)17/h1-6,10H,7H2,(H2,15,17)(H,16,18)(H,19,20)/b5-4+. The summed E-state index contributed by atoms with van der Waals surface area (Å²) in [5, 5.41) is 11.5. The van der Waals surface area contributed by atoms with E-state index in [2.05, 4.69) is 5.32 Å². The van der Waals surface area contributed by atoms with Crippen LogP contribution in [0.2, 0.25) is 5.02 Å². The van der Waals surface area contributed by atoms with E-state index in [0.717, 1.165) is 6.08 Å². The first-order chi connectivity index (χ1) is 9.38. The van der Waals surface area contributed by atoms with Gasteiger partial charge < -0.3 is 16.2 Å². The SMILES string of the molecule is NC(=O)CC(NC(=O)/C=C/c1cccc(Cl)c1)C(=O)O. The lowest BCUT2D eigenvalue weighted by atomic mass is 10.2. The number of nitrogens with two attached hydrogens (primary N) is 1. The first-order valence-electron chi connectivity index (χ1n) is 5.63. The summed E-state index contributed by atoms with van der Waals surface area (Å²) >= 11 is 5.78. The van der Waals surface area contributed by atoms with E-state index in [-0.39, 0.29) is 0 Å². The van der Waals surface area contributed by atoms with Crippen LogP contribution in [0.3, 0.4) is 0 Å². The molecule has 20 heavy (non-hydrogen) atoms. The molecule has 0 aromatic heterocycles. The van der Waals surface area contributed by atoms with Gasteiger partial charge in [-0.25, -0.2) is 4.79 Å². The molecule has 4 N–H and O–H groups in total. The molecule has 1 unspecified atom stereocenters. The zero-order chi connectivity index (χ0) is 15.1. The number of hydrogen-bond acceptors (Lipinski definition) is 3. The molecule has 0 heterocycles. The summed E-state index contributed by atoms with van der Waals surface area (Å²) in [4.78, 5) is 33.1. The Morgan fingerprint density at radius 1 is 1.40 bits per heavy atom. The minimum atomic E-state index is -1.34. The van der Waals surface area contributed by atoms with Crippen molar-refractivity contribution in [2.45, 2.75) is 12.5 Å². The second-order valence-electron chi connectivity index (χ2n) is 3.96. The maximum Gasteiger partial charge on any atom is 0.326 e. The summed E-state index contributed by atoms with van der Waals surface area (Å²) < 4.78 is 0. The third kappa shape index (κ3) is 5.53. The van der Waals surface area contributed by atoms with Crippen molar-refractivity contribution in [3.8, 4) is 0 Å². The second kappa shape index (κ2) is 7.30. The van der Waals surface area contributed by atoms with Crippen LogP contribution in [0, 0.1) is 0 Å². The minimum Gasteiger partial charge on any atom is -0.480 e. The van der Waals surface area contributed by atoms with Crippen LogP contribution >= 0.6 is 11.6 Å². The Bertz CT molecular complexity index is 557. The number of carbonyl (C=O) groups is 3. The number of primary amides is 1. The quantitative estimate of drug-likeness (QED) is 0.674. The van der Waals surface area contributed by atoms with Gasteiger partial charge >= 0.3 is 5.97 Å². The van der Waals surface area contributed by atoms with Gasteiger partial charge in [0.25, 0.3) is 0 Å². The Morgan fingerprint density at radius 3 is 2.65 bits per heavy atom. The number of halogens is 1. The van der Waals surface area contributed by atoms with E-state index >= 15 is 0 Å². The zero-order valence-corrected chi connectivity index (χ0v) is 11.1. The van der Waals surface area contributed by atoms with Gasteiger partial charge in [0.15, 0.2) is 0 Å². The number of carboxylic acid groups (broad SMARTS) is 1. The zero-order valence-electron chi connectivity index (χ0n) is 10.4. The van der Waals surface area contributed by atoms with Gasteiger partial charge in [-0.2, -0.15) is 0 Å². The van der Waals surface area contributed by atoms with E-state index in [9.17, 15) is 14.4 Å². The Balaban J connectivity index is 2.66. The molecule has 0 radical (unpaired) electrons. The fourth-order valence-corrected chi connectivity index (χ4v) is 1.60. The Labute approximate surface area is 120 Å². The van der Waals surface area contributed by atoms with Gasteiger partial charge in [0.1, 0.15) is 6.04 Å². The number of rotatable bonds is 6. The largest absolute Gasteiger partial charge is 0.480 e. The summed E-state index contributed by atoms with van der Waals surface area (Å²) in [5.74, 6) is -2.77. The molecule has 1 aromatic carbocycles. The monoisotopic (exact) mass is 296 g/mol. The molecule has 7 heteroatoms. The van der Waals surface area contributed by atoms with Crippen molar-refractivity contribution >= 4 is 35.5 Å². The first kappa shape index (κ1) is 15.7. The average Bonchev–Trinajstić information content (AvgIpc) is 2.35. The molecular weight excluding hydrogens is 284 g/mol. The Kier molecular flexibility index (Phi) is 5.74. The van der Waals surface area contributed by atoms with Crippen LogP contribution in [0.15, 0.2) is 30.3 Å². The van der Waals surface area contributed by atoms with Gasteiger partial charge in [-0.05, 0) is 23.8 Å². The predicted octanol–water partition coefficient (Wildman–Crippen LogP) is 0.798. The third-order valence-electron chi connectivity index (χ3n) is 2.30. The number of aliphatic carboxylic acids is 1. The number of carbonyl (C=O) groups excluding carboxylic acids is 2. The van der Waals surface area contributed by atoms with E-state index in [1.807, 2.05) is 0 Å². The number of carboxylic acids is 1. The van der Waals surface area contributed by atoms with Crippen LogP contribution in [0.25, 0.3) is 6.08 Å². The smallest absolute Gasteiger partial charge is 0.326 e. The molecule has 1 aromatic rings. The molecule has 1 rings (SSSR count). The maximum atomic E-state index is 11.6. The Morgan fingerprint density at radius 2 is 2.10 bits per heavy atom. The molecule has 6 nitrogen and oxygen atoms in total. The lowest BCUT2D eigenvalue weighted by Crippen LogP contribution is -2.42. The summed E-state index contributed by atoms with van der Waals surface area (Å²) in [7, 11) is 0. The van der Waals surface area contributed by atoms with Crippen molar-refractivity contribution in [2.24, 2.45) is 5.73 Å². The molecule has 2 amide bonds. The Hall–Kier alpha value is -2.34. The molecule has 0 bridgehead atoms. The molecule has 106 valence electrons. The van der Waals surface area contributed by atoms with Crippen molar-refractivity contribution in [2.75, 3.05) is 0 Å². The lowest BCUT2D eigenvalue weighted by molar-refractivity contribution is -0.142. The van der Waals surface area contributed by atoms with Crippen LogP contribution < -0.4 is 11.1 Å². The summed E-state index contributed by atoms with van der Waals surface area (Å²) in [5.41, 5.74) is 5.59. The molecule has 0 aliphatic heterocycles. The molecule has 0 aliphatic rings. The summed E-state index contributed by atoms with van der Waals surface area (Å²) in [6.07, 6.45) is 2.17. The highest BCUT2D eigenvalue weighted by Gasteiger charge is 2.20. The third-order valence-corrected chi connectivity index (χ3v) is 2.53. The van der Waals surface area contributed by atoms with Crippen molar-refractivity contribution in [1.82, 2.24) is 5.32 Å². The van der Waals surface area contributed by atoms with Gasteiger partial charge in [-0.1, -0.05) is 23.7 Å². The van der Waals surface area contributed by atoms with Crippen molar-refractivity contribution < 1.29 is 19.5 Å². The highest BCUT2D eigenvalue weighted by atomic mass is 35.5. The van der Waals surface area contributed by atoms with E-state index in [4.69, 9.17) is 22.4 Å². The van der Waals surface area contributed by atoms with E-state index in [1.54, 1.807) is 24.3 Å². The van der Waals surface area contributed by atoms with Crippen LogP contribution in [-0.2, 0) is 14.4 Å². The van der Waals surface area contributed by atoms with E-state index < -0.39 is 30.2 Å². The van der Waals surface area contributed by atoms with Gasteiger partial charge in [0, 0.05) is 11.1 Å². The highest BCUT2D eigenvalue weighted by Crippen LogP contribution is 2.11. The molecule has 1 atom stereocenters.